The van der Waals surface area contributed by atoms with Crippen LogP contribution in [0.5, 0.6) is 0 Å². The molecule has 1 saturated heterocycles. The summed E-state index contributed by atoms with van der Waals surface area (Å²) >= 11 is 0. The molecule has 0 saturated carbocycles. The third kappa shape index (κ3) is 20.1. The third-order valence-electron chi connectivity index (χ3n) is 7.05. The first-order chi connectivity index (χ1) is 21.2. The number of nitrogens with one attached hydrogen (secondary N) is 2. The number of allylic oxidation sites excluding steroid dienone is 10. The van der Waals surface area contributed by atoms with Crippen molar-refractivity contribution < 1.29 is 9.59 Å². The predicted octanol–water partition coefficient (Wildman–Crippen LogP) is 7.28. The smallest absolute Gasteiger partial charge is 0.223 e. The van der Waals surface area contributed by atoms with Gasteiger partial charge in [-0.25, -0.2) is 0 Å². The zero-order valence-electron chi connectivity index (χ0n) is 26.4. The number of pyridine rings is 1. The molecule has 2 heterocycles. The summed E-state index contributed by atoms with van der Waals surface area (Å²) in [5.41, 5.74) is 2.10. The number of likely N-dealkylation sites (tertiary alicyclic amines) is 1. The first kappa shape index (κ1) is 35.7. The summed E-state index contributed by atoms with van der Waals surface area (Å²) in [5.74, 6) is -0.0306. The van der Waals surface area contributed by atoms with Crippen LogP contribution in [0.25, 0.3) is 6.08 Å². The molecule has 0 atom stereocenters. The number of carbonyl (C=O) groups is 2. The van der Waals surface area contributed by atoms with Gasteiger partial charge in [0.25, 0.3) is 0 Å². The maximum absolute atomic E-state index is 12.1. The van der Waals surface area contributed by atoms with E-state index in [-0.39, 0.29) is 11.8 Å². The van der Waals surface area contributed by atoms with Crippen molar-refractivity contribution in [1.82, 2.24) is 20.5 Å². The van der Waals surface area contributed by atoms with E-state index in [1.54, 1.807) is 0 Å². The molecular formula is C37H54N4O2. The van der Waals surface area contributed by atoms with E-state index in [0.717, 1.165) is 69.2 Å². The second-order valence-electron chi connectivity index (χ2n) is 10.8. The summed E-state index contributed by atoms with van der Waals surface area (Å²) in [6.07, 6.45) is 38.6. The molecule has 2 rings (SSSR count). The van der Waals surface area contributed by atoms with Gasteiger partial charge in [0.05, 0.1) is 0 Å². The second kappa shape index (κ2) is 25.0. The number of aromatic nitrogens is 1. The van der Waals surface area contributed by atoms with Gasteiger partial charge >= 0.3 is 0 Å². The van der Waals surface area contributed by atoms with Crippen LogP contribution in [0.2, 0.25) is 0 Å². The molecule has 0 aliphatic carbocycles. The number of amides is 2. The maximum Gasteiger partial charge on any atom is 0.223 e. The maximum atomic E-state index is 12.1. The number of unbranched alkanes of at least 4 members (excludes halogenated alkanes) is 1. The first-order valence-corrected chi connectivity index (χ1v) is 16.3. The normalized spacial score (nSPS) is 14.5. The van der Waals surface area contributed by atoms with E-state index in [1.807, 2.05) is 18.3 Å². The van der Waals surface area contributed by atoms with Gasteiger partial charge < -0.3 is 15.5 Å². The van der Waals surface area contributed by atoms with E-state index in [1.165, 1.54) is 25.9 Å². The summed E-state index contributed by atoms with van der Waals surface area (Å²) in [6, 6.07) is 4.12. The van der Waals surface area contributed by atoms with Gasteiger partial charge in [0.2, 0.25) is 11.8 Å². The SMILES string of the molecule is CCC=CCC=CCC=CCC=CCC=CCCCC(=O)NCCNC(=O)CC=Cc1ccc(CCN2CCCC2)nc1. The quantitative estimate of drug-likeness (QED) is 0.111. The Hall–Kier alpha value is -3.51. The van der Waals surface area contributed by atoms with E-state index in [9.17, 15) is 9.59 Å². The van der Waals surface area contributed by atoms with E-state index in [4.69, 9.17) is 0 Å². The molecule has 2 amide bonds. The van der Waals surface area contributed by atoms with Gasteiger partial charge in [-0.2, -0.15) is 0 Å². The Morgan fingerprint density at radius 1 is 0.791 bits per heavy atom. The molecule has 6 heteroatoms. The molecule has 0 spiro atoms. The van der Waals surface area contributed by atoms with Crippen molar-refractivity contribution in [1.29, 1.82) is 0 Å². The zero-order chi connectivity index (χ0) is 30.6. The van der Waals surface area contributed by atoms with E-state index >= 15 is 0 Å². The van der Waals surface area contributed by atoms with Crippen LogP contribution >= 0.6 is 0 Å². The fraction of sp³-hybridized carbons (Fsp3) is 0.486. The fourth-order valence-electron chi connectivity index (χ4n) is 4.58. The van der Waals surface area contributed by atoms with Gasteiger partial charge in [0, 0.05) is 50.8 Å². The van der Waals surface area contributed by atoms with Crippen LogP contribution in [0.4, 0.5) is 0 Å². The van der Waals surface area contributed by atoms with Crippen molar-refractivity contribution in [2.24, 2.45) is 0 Å². The Kier molecular flexibility index (Phi) is 20.8. The molecule has 1 aliphatic rings. The minimum Gasteiger partial charge on any atom is -0.354 e. The van der Waals surface area contributed by atoms with Gasteiger partial charge in [0.1, 0.15) is 0 Å². The molecule has 1 fully saturated rings. The highest BCUT2D eigenvalue weighted by Gasteiger charge is 2.11. The summed E-state index contributed by atoms with van der Waals surface area (Å²) in [7, 11) is 0. The summed E-state index contributed by atoms with van der Waals surface area (Å²) < 4.78 is 0. The second-order valence-corrected chi connectivity index (χ2v) is 10.8. The van der Waals surface area contributed by atoms with Crippen LogP contribution in [0.3, 0.4) is 0 Å². The Bertz CT molecular complexity index is 1060. The molecule has 2 N–H and O–H groups in total. The molecule has 1 aliphatic heterocycles. The van der Waals surface area contributed by atoms with Crippen LogP contribution in [0.15, 0.2) is 85.2 Å². The van der Waals surface area contributed by atoms with Crippen LogP contribution in [0, 0.1) is 0 Å². The molecule has 0 unspecified atom stereocenters. The minimum absolute atomic E-state index is 0.0258. The number of hydrogen-bond donors (Lipinski definition) is 2. The molecule has 0 bridgehead atoms. The van der Waals surface area contributed by atoms with Gasteiger partial charge in [0.15, 0.2) is 0 Å². The third-order valence-corrected chi connectivity index (χ3v) is 7.05. The number of rotatable bonds is 22. The lowest BCUT2D eigenvalue weighted by atomic mass is 10.2. The Balaban J connectivity index is 1.41. The van der Waals surface area contributed by atoms with Crippen molar-refractivity contribution in [2.45, 2.75) is 84.0 Å². The topological polar surface area (TPSA) is 74.3 Å². The molecule has 0 aromatic carbocycles. The molecular weight excluding hydrogens is 532 g/mol. The van der Waals surface area contributed by atoms with Crippen molar-refractivity contribution in [3.63, 3.8) is 0 Å². The lowest BCUT2D eigenvalue weighted by molar-refractivity contribution is -0.122. The Morgan fingerprint density at radius 2 is 1.40 bits per heavy atom. The number of hydrogen-bond acceptors (Lipinski definition) is 4. The standard InChI is InChI=1S/C37H54N4O2/c1-2-3-4-5-6-7-8-9-10-11-12-13-14-15-16-17-18-23-36(42)38-28-29-39-37(43)24-21-22-34-25-26-35(40-33-34)27-32-41-30-19-20-31-41/h3-4,6-7,9-10,12-13,15-16,21-22,25-26,33H,2,5,8,11,14,17-20,23-24,27-32H2,1H3,(H,38,42)(H,39,43). The summed E-state index contributed by atoms with van der Waals surface area (Å²) in [6.45, 7) is 6.52. The van der Waals surface area contributed by atoms with Gasteiger partial charge in [-0.1, -0.05) is 85.9 Å². The predicted molar refractivity (Wildman–Crippen MR) is 182 cm³/mol. The molecule has 6 nitrogen and oxygen atoms in total. The monoisotopic (exact) mass is 586 g/mol. The lowest BCUT2D eigenvalue weighted by Crippen LogP contribution is -2.34. The van der Waals surface area contributed by atoms with Crippen molar-refractivity contribution >= 4 is 17.9 Å². The highest BCUT2D eigenvalue weighted by atomic mass is 16.2. The van der Waals surface area contributed by atoms with Crippen LogP contribution in [-0.2, 0) is 16.0 Å². The van der Waals surface area contributed by atoms with Crippen LogP contribution < -0.4 is 10.6 Å². The molecule has 43 heavy (non-hydrogen) atoms. The molecule has 234 valence electrons. The van der Waals surface area contributed by atoms with E-state index in [2.05, 4.69) is 100 Å². The van der Waals surface area contributed by atoms with Crippen molar-refractivity contribution in [3.8, 4) is 0 Å². The fourth-order valence-corrected chi connectivity index (χ4v) is 4.58. The molecule has 1 aromatic heterocycles. The van der Waals surface area contributed by atoms with Crippen LogP contribution in [-0.4, -0.2) is 54.4 Å². The van der Waals surface area contributed by atoms with E-state index in [0.29, 0.717) is 25.9 Å². The summed E-state index contributed by atoms with van der Waals surface area (Å²) in [5, 5.41) is 5.73. The van der Waals surface area contributed by atoms with Crippen molar-refractivity contribution in [3.05, 3.63) is 96.4 Å². The van der Waals surface area contributed by atoms with Crippen molar-refractivity contribution in [2.75, 3.05) is 32.7 Å². The van der Waals surface area contributed by atoms with Gasteiger partial charge in [-0.05, 0) is 82.5 Å². The number of carbonyl (C=O) groups excluding carboxylic acids is 2. The number of nitrogens with zero attached hydrogens (tertiary/aromatic N) is 2. The first-order valence-electron chi connectivity index (χ1n) is 16.3. The summed E-state index contributed by atoms with van der Waals surface area (Å²) in [4.78, 5) is 31.1. The van der Waals surface area contributed by atoms with Gasteiger partial charge in [-0.3, -0.25) is 14.6 Å². The highest BCUT2D eigenvalue weighted by Crippen LogP contribution is 2.09. The Morgan fingerprint density at radius 3 is 2.00 bits per heavy atom. The van der Waals surface area contributed by atoms with E-state index < -0.39 is 0 Å². The van der Waals surface area contributed by atoms with Gasteiger partial charge in [-0.15, -0.1) is 0 Å². The Labute approximate surface area is 260 Å². The average molecular weight is 587 g/mol. The minimum atomic E-state index is -0.0564. The average Bonchev–Trinajstić information content (AvgIpc) is 3.54. The zero-order valence-corrected chi connectivity index (χ0v) is 26.4. The highest BCUT2D eigenvalue weighted by molar-refractivity contribution is 5.78. The molecule has 1 aromatic rings. The largest absolute Gasteiger partial charge is 0.354 e. The molecule has 0 radical (unpaired) electrons. The lowest BCUT2D eigenvalue weighted by Gasteiger charge is -2.13. The van der Waals surface area contributed by atoms with Crippen LogP contribution in [0.1, 0.15) is 88.8 Å².